The van der Waals surface area contributed by atoms with Gasteiger partial charge in [0.25, 0.3) is 0 Å². The standard InChI is InChI=1S/C14H9Br2F2N3O/c15-13-11-7-8(19)1-6-12(11)21(20-13)9-2-4-10(5-3-9)22-14(16,17)18/h1-7H,19H2. The van der Waals surface area contributed by atoms with Crippen LogP contribution in [0.2, 0.25) is 0 Å². The molecular formula is C14H9Br2F2N3O. The topological polar surface area (TPSA) is 53.1 Å². The fourth-order valence-electron chi connectivity index (χ4n) is 2.08. The Bertz CT molecular complexity index is 828. The van der Waals surface area contributed by atoms with Crippen molar-refractivity contribution in [3.8, 4) is 11.4 Å². The second-order valence-electron chi connectivity index (χ2n) is 4.52. The molecule has 0 aliphatic heterocycles. The number of ether oxygens (including phenoxy) is 1. The van der Waals surface area contributed by atoms with E-state index in [1.54, 1.807) is 22.9 Å². The van der Waals surface area contributed by atoms with E-state index < -0.39 is 5.02 Å². The minimum Gasteiger partial charge on any atom is -0.424 e. The van der Waals surface area contributed by atoms with E-state index in [1.807, 2.05) is 12.1 Å². The lowest BCUT2D eigenvalue weighted by atomic mass is 10.2. The highest BCUT2D eigenvalue weighted by molar-refractivity contribution is 9.10. The second kappa shape index (κ2) is 5.51. The normalized spacial score (nSPS) is 11.8. The first kappa shape index (κ1) is 15.2. The number of nitrogen functional groups attached to an aromatic ring is 1. The molecule has 1 aromatic heterocycles. The molecular weight excluding hydrogens is 424 g/mol. The van der Waals surface area contributed by atoms with E-state index in [9.17, 15) is 8.78 Å². The molecule has 0 unspecified atom stereocenters. The number of hydrogen-bond acceptors (Lipinski definition) is 3. The van der Waals surface area contributed by atoms with Crippen LogP contribution in [0.4, 0.5) is 14.5 Å². The SMILES string of the molecule is Nc1ccc2c(c1)c(Br)nn2-c1ccc(OC(F)(F)Br)cc1. The van der Waals surface area contributed by atoms with Gasteiger partial charge in [0.05, 0.1) is 11.2 Å². The molecule has 22 heavy (non-hydrogen) atoms. The molecule has 0 aliphatic rings. The molecule has 2 aromatic carbocycles. The van der Waals surface area contributed by atoms with E-state index in [0.29, 0.717) is 16.0 Å². The highest BCUT2D eigenvalue weighted by atomic mass is 79.9. The van der Waals surface area contributed by atoms with Crippen LogP contribution < -0.4 is 10.5 Å². The van der Waals surface area contributed by atoms with E-state index in [4.69, 9.17) is 5.73 Å². The molecule has 0 saturated carbocycles. The van der Waals surface area contributed by atoms with Crippen LogP contribution in [0.3, 0.4) is 0 Å². The number of nitrogens with two attached hydrogens (primary N) is 1. The lowest BCUT2D eigenvalue weighted by molar-refractivity contribution is -0.0802. The molecule has 0 saturated heterocycles. The molecule has 0 spiro atoms. The summed E-state index contributed by atoms with van der Waals surface area (Å²) in [6.07, 6.45) is 0. The fraction of sp³-hybridized carbons (Fsp3) is 0.0714. The van der Waals surface area contributed by atoms with Crippen LogP contribution >= 0.6 is 31.9 Å². The Balaban J connectivity index is 2.01. The summed E-state index contributed by atoms with van der Waals surface area (Å²) in [5.41, 5.74) is 7.97. The van der Waals surface area contributed by atoms with Crippen LogP contribution in [-0.2, 0) is 0 Å². The van der Waals surface area contributed by atoms with Crippen molar-refractivity contribution in [3.05, 3.63) is 47.1 Å². The Labute approximate surface area is 141 Å². The number of rotatable bonds is 3. The number of nitrogens with zero attached hydrogens (tertiary/aromatic N) is 2. The zero-order valence-electron chi connectivity index (χ0n) is 10.9. The van der Waals surface area contributed by atoms with Gasteiger partial charge in [-0.3, -0.25) is 0 Å². The number of benzene rings is 2. The highest BCUT2D eigenvalue weighted by Crippen LogP contribution is 2.30. The van der Waals surface area contributed by atoms with Crippen LogP contribution in [0, 0.1) is 0 Å². The Morgan fingerprint density at radius 1 is 1.14 bits per heavy atom. The van der Waals surface area contributed by atoms with E-state index >= 15 is 0 Å². The van der Waals surface area contributed by atoms with Gasteiger partial charge in [-0.05, 0) is 58.4 Å². The average molecular weight is 433 g/mol. The van der Waals surface area contributed by atoms with E-state index in [2.05, 4.69) is 41.7 Å². The van der Waals surface area contributed by atoms with Gasteiger partial charge in [0, 0.05) is 27.0 Å². The van der Waals surface area contributed by atoms with Gasteiger partial charge in [-0.2, -0.15) is 13.9 Å². The zero-order valence-corrected chi connectivity index (χ0v) is 14.1. The molecule has 0 amide bonds. The Morgan fingerprint density at radius 2 is 1.82 bits per heavy atom. The summed E-state index contributed by atoms with van der Waals surface area (Å²) in [6.45, 7) is 0. The quantitative estimate of drug-likeness (QED) is 0.482. The molecule has 3 aromatic rings. The van der Waals surface area contributed by atoms with Crippen LogP contribution in [0.5, 0.6) is 5.75 Å². The summed E-state index contributed by atoms with van der Waals surface area (Å²) < 4.78 is 32.3. The molecule has 8 heteroatoms. The van der Waals surface area contributed by atoms with Gasteiger partial charge in [-0.25, -0.2) is 4.68 Å². The Kier molecular flexibility index (Phi) is 3.82. The molecule has 3 rings (SSSR count). The molecule has 0 atom stereocenters. The van der Waals surface area contributed by atoms with Crippen LogP contribution in [0.1, 0.15) is 0 Å². The summed E-state index contributed by atoms with van der Waals surface area (Å²) in [5.74, 6) is 0.0467. The number of alkyl halides is 3. The fourth-order valence-corrected chi connectivity index (χ4v) is 2.75. The first-order chi connectivity index (χ1) is 10.3. The largest absolute Gasteiger partial charge is 0.459 e. The van der Waals surface area contributed by atoms with Gasteiger partial charge < -0.3 is 10.5 Å². The molecule has 2 N–H and O–H groups in total. The molecule has 0 bridgehead atoms. The summed E-state index contributed by atoms with van der Waals surface area (Å²) in [7, 11) is 0. The van der Waals surface area contributed by atoms with Gasteiger partial charge in [-0.1, -0.05) is 0 Å². The predicted octanol–water partition coefficient (Wildman–Crippen LogP) is 4.69. The van der Waals surface area contributed by atoms with Crippen molar-refractivity contribution in [2.45, 2.75) is 5.02 Å². The number of hydrogen-bond donors (Lipinski definition) is 1. The van der Waals surface area contributed by atoms with Crippen LogP contribution in [0.15, 0.2) is 47.1 Å². The van der Waals surface area contributed by atoms with Crippen LogP contribution in [-0.4, -0.2) is 14.8 Å². The first-order valence-electron chi connectivity index (χ1n) is 6.13. The number of halogens is 4. The van der Waals surface area contributed by atoms with Crippen molar-refractivity contribution < 1.29 is 13.5 Å². The molecule has 114 valence electrons. The maximum Gasteiger partial charge on any atom is 0.459 e. The minimum absolute atomic E-state index is 0.0467. The monoisotopic (exact) mass is 431 g/mol. The molecule has 1 heterocycles. The summed E-state index contributed by atoms with van der Waals surface area (Å²) in [4.78, 5) is 0. The van der Waals surface area contributed by atoms with Crippen molar-refractivity contribution in [2.24, 2.45) is 0 Å². The second-order valence-corrected chi connectivity index (χ2v) is 6.20. The third kappa shape index (κ3) is 3.07. The van der Waals surface area contributed by atoms with Crippen molar-refractivity contribution in [1.29, 1.82) is 0 Å². The maximum atomic E-state index is 12.7. The van der Waals surface area contributed by atoms with E-state index in [1.165, 1.54) is 12.1 Å². The third-order valence-electron chi connectivity index (χ3n) is 2.97. The van der Waals surface area contributed by atoms with Gasteiger partial charge in [0.15, 0.2) is 0 Å². The van der Waals surface area contributed by atoms with Crippen molar-refractivity contribution >= 4 is 48.5 Å². The smallest absolute Gasteiger partial charge is 0.424 e. The van der Waals surface area contributed by atoms with Crippen LogP contribution in [0.25, 0.3) is 16.6 Å². The Morgan fingerprint density at radius 3 is 2.45 bits per heavy atom. The molecule has 0 aliphatic carbocycles. The highest BCUT2D eigenvalue weighted by Gasteiger charge is 2.26. The van der Waals surface area contributed by atoms with Gasteiger partial charge in [0.2, 0.25) is 0 Å². The zero-order chi connectivity index (χ0) is 15.9. The molecule has 0 radical (unpaired) electrons. The van der Waals surface area contributed by atoms with Crippen molar-refractivity contribution in [1.82, 2.24) is 9.78 Å². The van der Waals surface area contributed by atoms with Gasteiger partial charge in [-0.15, -0.1) is 0 Å². The first-order valence-corrected chi connectivity index (χ1v) is 7.72. The van der Waals surface area contributed by atoms with E-state index in [0.717, 1.165) is 10.9 Å². The Hall–Kier alpha value is -1.67. The number of aromatic nitrogens is 2. The van der Waals surface area contributed by atoms with Crippen molar-refractivity contribution in [2.75, 3.05) is 5.73 Å². The predicted molar refractivity (Wildman–Crippen MR) is 87.7 cm³/mol. The molecule has 4 nitrogen and oxygen atoms in total. The lowest BCUT2D eigenvalue weighted by Gasteiger charge is -2.11. The summed E-state index contributed by atoms with van der Waals surface area (Å²) >= 11 is 5.52. The maximum absolute atomic E-state index is 12.7. The minimum atomic E-state index is -3.40. The average Bonchev–Trinajstić information content (AvgIpc) is 2.75. The van der Waals surface area contributed by atoms with Gasteiger partial charge in [0.1, 0.15) is 10.4 Å². The van der Waals surface area contributed by atoms with Gasteiger partial charge >= 0.3 is 5.02 Å². The summed E-state index contributed by atoms with van der Waals surface area (Å²) in [6, 6.07) is 11.6. The summed E-state index contributed by atoms with van der Waals surface area (Å²) in [5, 5.41) is 1.86. The van der Waals surface area contributed by atoms with E-state index in [-0.39, 0.29) is 5.75 Å². The third-order valence-corrected chi connectivity index (χ3v) is 3.72. The van der Waals surface area contributed by atoms with Crippen molar-refractivity contribution in [3.63, 3.8) is 0 Å². The number of fused-ring (bicyclic) bond motifs is 1. The molecule has 0 fully saturated rings. The lowest BCUT2D eigenvalue weighted by Crippen LogP contribution is -2.14. The number of anilines is 1.